The van der Waals surface area contributed by atoms with E-state index in [1.54, 1.807) is 0 Å². The van der Waals surface area contributed by atoms with Gasteiger partial charge in [-0.2, -0.15) is 13.2 Å². The second kappa shape index (κ2) is 4.29. The van der Waals surface area contributed by atoms with Crippen molar-refractivity contribution in [1.82, 2.24) is 4.98 Å². The zero-order valence-corrected chi connectivity index (χ0v) is 8.87. The molecule has 0 atom stereocenters. The van der Waals surface area contributed by atoms with Gasteiger partial charge in [0.25, 0.3) is 0 Å². The van der Waals surface area contributed by atoms with Crippen molar-refractivity contribution in [3.63, 3.8) is 0 Å². The van der Waals surface area contributed by atoms with Gasteiger partial charge in [-0.3, -0.25) is 4.98 Å². The minimum Gasteiger partial charge on any atom is -0.507 e. The monoisotopic (exact) mass is 257 g/mol. The molecule has 2 rings (SSSR count). The molecule has 0 unspecified atom stereocenters. The number of rotatable bonds is 1. The summed E-state index contributed by atoms with van der Waals surface area (Å²) in [6.45, 7) is 0. The molecule has 1 N–H and O–H groups in total. The van der Waals surface area contributed by atoms with Crippen LogP contribution in [0.25, 0.3) is 11.1 Å². The van der Waals surface area contributed by atoms with Gasteiger partial charge >= 0.3 is 6.18 Å². The molecule has 6 heteroatoms. The number of halogens is 4. The van der Waals surface area contributed by atoms with Crippen molar-refractivity contribution in [3.8, 4) is 16.9 Å². The molecular weight excluding hydrogens is 250 g/mol. The van der Waals surface area contributed by atoms with Crippen molar-refractivity contribution in [2.24, 2.45) is 0 Å². The topological polar surface area (TPSA) is 33.1 Å². The third kappa shape index (κ3) is 2.42. The first kappa shape index (κ1) is 12.3. The Morgan fingerprint density at radius 1 is 1.06 bits per heavy atom. The van der Waals surface area contributed by atoms with Gasteiger partial charge in [-0.25, -0.2) is 4.39 Å². The normalized spacial score (nSPS) is 11.6. The minimum absolute atomic E-state index is 0.0937. The maximum absolute atomic E-state index is 13.0. The van der Waals surface area contributed by atoms with Crippen LogP contribution in [0, 0.1) is 5.82 Å². The van der Waals surface area contributed by atoms with Crippen molar-refractivity contribution in [2.75, 3.05) is 0 Å². The molecule has 94 valence electrons. The van der Waals surface area contributed by atoms with Gasteiger partial charge in [-0.05, 0) is 24.3 Å². The van der Waals surface area contributed by atoms with Crippen molar-refractivity contribution >= 4 is 0 Å². The molecule has 0 saturated heterocycles. The summed E-state index contributed by atoms with van der Waals surface area (Å²) in [5.41, 5.74) is -0.738. The summed E-state index contributed by atoms with van der Waals surface area (Å²) < 4.78 is 49.9. The van der Waals surface area contributed by atoms with E-state index in [2.05, 4.69) is 4.98 Å². The maximum Gasteiger partial charge on any atom is 0.433 e. The molecule has 0 spiro atoms. The zero-order valence-electron chi connectivity index (χ0n) is 8.87. The number of alkyl halides is 3. The smallest absolute Gasteiger partial charge is 0.433 e. The molecule has 1 heterocycles. The van der Waals surface area contributed by atoms with Crippen LogP contribution in [0.3, 0.4) is 0 Å². The highest BCUT2D eigenvalue weighted by Gasteiger charge is 2.32. The lowest BCUT2D eigenvalue weighted by Gasteiger charge is -2.08. The van der Waals surface area contributed by atoms with Crippen LogP contribution in [0.2, 0.25) is 0 Å². The second-order valence-corrected chi connectivity index (χ2v) is 3.59. The third-order valence-corrected chi connectivity index (χ3v) is 2.32. The Hall–Kier alpha value is -2.11. The molecule has 2 aromatic rings. The SMILES string of the molecule is Oc1ccc(F)cc1-c1ccc(C(F)(F)F)nc1. The van der Waals surface area contributed by atoms with Gasteiger partial charge < -0.3 is 5.11 Å². The lowest BCUT2D eigenvalue weighted by molar-refractivity contribution is -0.141. The van der Waals surface area contributed by atoms with Gasteiger partial charge in [0, 0.05) is 17.3 Å². The molecule has 0 saturated carbocycles. The molecule has 0 radical (unpaired) electrons. The van der Waals surface area contributed by atoms with Crippen LogP contribution in [0.4, 0.5) is 17.6 Å². The average molecular weight is 257 g/mol. The third-order valence-electron chi connectivity index (χ3n) is 2.32. The summed E-state index contributed by atoms with van der Waals surface area (Å²) in [7, 11) is 0. The maximum atomic E-state index is 13.0. The van der Waals surface area contributed by atoms with Crippen LogP contribution < -0.4 is 0 Å². The van der Waals surface area contributed by atoms with E-state index in [1.807, 2.05) is 0 Å². The largest absolute Gasteiger partial charge is 0.507 e. The molecule has 0 amide bonds. The highest BCUT2D eigenvalue weighted by atomic mass is 19.4. The predicted octanol–water partition coefficient (Wildman–Crippen LogP) is 3.61. The number of hydrogen-bond donors (Lipinski definition) is 1. The number of nitrogens with zero attached hydrogens (tertiary/aromatic N) is 1. The number of aromatic nitrogens is 1. The first-order valence-electron chi connectivity index (χ1n) is 4.90. The first-order chi connectivity index (χ1) is 8.38. The number of phenols is 1. The summed E-state index contributed by atoms with van der Waals surface area (Å²) in [5, 5.41) is 9.50. The fraction of sp³-hybridized carbons (Fsp3) is 0.0833. The molecule has 1 aromatic heterocycles. The van der Waals surface area contributed by atoms with E-state index >= 15 is 0 Å². The van der Waals surface area contributed by atoms with E-state index in [0.29, 0.717) is 0 Å². The number of aromatic hydroxyl groups is 1. The Bertz CT molecular complexity index is 563. The Morgan fingerprint density at radius 3 is 2.33 bits per heavy atom. The molecule has 0 bridgehead atoms. The van der Waals surface area contributed by atoms with Crippen molar-refractivity contribution < 1.29 is 22.7 Å². The molecule has 1 aromatic carbocycles. The molecule has 0 aliphatic carbocycles. The molecule has 2 nitrogen and oxygen atoms in total. The minimum atomic E-state index is -4.53. The fourth-order valence-electron chi connectivity index (χ4n) is 1.46. The molecule has 0 fully saturated rings. The number of pyridine rings is 1. The van der Waals surface area contributed by atoms with Crippen molar-refractivity contribution in [2.45, 2.75) is 6.18 Å². The van der Waals surface area contributed by atoms with Gasteiger partial charge in [-0.15, -0.1) is 0 Å². The Kier molecular flexibility index (Phi) is 2.94. The van der Waals surface area contributed by atoms with E-state index in [1.165, 1.54) is 0 Å². The van der Waals surface area contributed by atoms with Crippen molar-refractivity contribution in [1.29, 1.82) is 0 Å². The number of benzene rings is 1. The Balaban J connectivity index is 2.43. The molecular formula is C12H7F4NO. The standard InChI is InChI=1S/C12H7F4NO/c13-8-2-3-10(18)9(5-8)7-1-4-11(17-6-7)12(14,15)16/h1-6,18H. The fourth-order valence-corrected chi connectivity index (χ4v) is 1.46. The van der Waals surface area contributed by atoms with Gasteiger partial charge in [0.2, 0.25) is 0 Å². The lowest BCUT2D eigenvalue weighted by Crippen LogP contribution is -2.07. The van der Waals surface area contributed by atoms with E-state index in [4.69, 9.17) is 0 Å². The lowest BCUT2D eigenvalue weighted by atomic mass is 10.1. The van der Waals surface area contributed by atoms with Crippen LogP contribution in [0.5, 0.6) is 5.75 Å². The van der Waals surface area contributed by atoms with Crippen LogP contribution in [-0.4, -0.2) is 10.1 Å². The Morgan fingerprint density at radius 2 is 1.78 bits per heavy atom. The first-order valence-corrected chi connectivity index (χ1v) is 4.90. The average Bonchev–Trinajstić information content (AvgIpc) is 2.31. The van der Waals surface area contributed by atoms with E-state index in [0.717, 1.165) is 36.5 Å². The van der Waals surface area contributed by atoms with Gasteiger partial charge in [0.05, 0.1) is 0 Å². The summed E-state index contributed by atoms with van der Waals surface area (Å²) in [5.74, 6) is -0.819. The number of hydrogen-bond acceptors (Lipinski definition) is 2. The number of phenolic OH excluding ortho intramolecular Hbond substituents is 1. The highest BCUT2D eigenvalue weighted by molar-refractivity contribution is 5.69. The van der Waals surface area contributed by atoms with E-state index < -0.39 is 17.7 Å². The summed E-state index contributed by atoms with van der Waals surface area (Å²) in [6.07, 6.45) is -3.58. The van der Waals surface area contributed by atoms with Crippen LogP contribution in [-0.2, 0) is 6.18 Å². The van der Waals surface area contributed by atoms with Crippen LogP contribution in [0.15, 0.2) is 36.5 Å². The van der Waals surface area contributed by atoms with E-state index in [9.17, 15) is 22.7 Å². The summed E-state index contributed by atoms with van der Waals surface area (Å²) >= 11 is 0. The van der Waals surface area contributed by atoms with Gasteiger partial charge in [0.15, 0.2) is 0 Å². The predicted molar refractivity (Wildman–Crippen MR) is 56.3 cm³/mol. The van der Waals surface area contributed by atoms with Crippen LogP contribution >= 0.6 is 0 Å². The van der Waals surface area contributed by atoms with Crippen molar-refractivity contribution in [3.05, 3.63) is 48.0 Å². The zero-order chi connectivity index (χ0) is 13.3. The quantitative estimate of drug-likeness (QED) is 0.791. The van der Waals surface area contributed by atoms with Gasteiger partial charge in [0.1, 0.15) is 17.3 Å². The summed E-state index contributed by atoms with van der Waals surface area (Å²) in [4.78, 5) is 3.24. The molecule has 0 aliphatic heterocycles. The highest BCUT2D eigenvalue weighted by Crippen LogP contribution is 2.32. The molecule has 0 aliphatic rings. The van der Waals surface area contributed by atoms with Gasteiger partial charge in [-0.1, -0.05) is 6.07 Å². The summed E-state index contributed by atoms with van der Waals surface area (Å²) in [6, 6.07) is 5.11. The Labute approximate surface area is 99.5 Å². The van der Waals surface area contributed by atoms with E-state index in [-0.39, 0.29) is 16.9 Å². The molecule has 18 heavy (non-hydrogen) atoms. The van der Waals surface area contributed by atoms with Crippen LogP contribution in [0.1, 0.15) is 5.69 Å². The second-order valence-electron chi connectivity index (χ2n) is 3.59.